The van der Waals surface area contributed by atoms with Crippen molar-refractivity contribution in [2.45, 2.75) is 39.3 Å². The van der Waals surface area contributed by atoms with E-state index in [0.717, 1.165) is 19.4 Å². The van der Waals surface area contributed by atoms with Gasteiger partial charge in [-0.25, -0.2) is 0 Å². The minimum atomic E-state index is -0.488. The SMILES string of the molecule is CCC(C)C(NC(=O)c1ccccc1)C(=O)N1CCc2sccc2C1. The molecule has 25 heavy (non-hydrogen) atoms. The van der Waals surface area contributed by atoms with E-state index >= 15 is 0 Å². The lowest BCUT2D eigenvalue weighted by atomic mass is 9.96. The summed E-state index contributed by atoms with van der Waals surface area (Å²) >= 11 is 1.76. The van der Waals surface area contributed by atoms with E-state index in [1.807, 2.05) is 36.9 Å². The fraction of sp³-hybridized carbons (Fsp3) is 0.400. The van der Waals surface area contributed by atoms with Crippen LogP contribution in [0.2, 0.25) is 0 Å². The lowest BCUT2D eigenvalue weighted by Gasteiger charge is -2.33. The van der Waals surface area contributed by atoms with Gasteiger partial charge in [-0.15, -0.1) is 11.3 Å². The van der Waals surface area contributed by atoms with Crippen LogP contribution < -0.4 is 5.32 Å². The number of hydrogen-bond acceptors (Lipinski definition) is 3. The molecule has 2 heterocycles. The van der Waals surface area contributed by atoms with Gasteiger partial charge in [0.05, 0.1) is 0 Å². The molecule has 1 N–H and O–H groups in total. The number of rotatable bonds is 5. The van der Waals surface area contributed by atoms with Crippen molar-refractivity contribution in [3.05, 3.63) is 57.8 Å². The molecule has 3 rings (SSSR count). The standard InChI is InChI=1S/C20H24N2O2S/c1-3-14(2)18(21-19(23)15-7-5-4-6-8-15)20(24)22-11-9-17-16(13-22)10-12-25-17/h4-8,10,12,14,18H,3,9,11,13H2,1-2H3,(H,21,23). The molecule has 0 spiro atoms. The highest BCUT2D eigenvalue weighted by molar-refractivity contribution is 7.10. The Kier molecular flexibility index (Phi) is 5.53. The first-order valence-electron chi connectivity index (χ1n) is 8.80. The van der Waals surface area contributed by atoms with E-state index in [0.29, 0.717) is 12.1 Å². The highest BCUT2D eigenvalue weighted by atomic mass is 32.1. The van der Waals surface area contributed by atoms with Gasteiger partial charge in [-0.2, -0.15) is 0 Å². The first kappa shape index (κ1) is 17.7. The van der Waals surface area contributed by atoms with E-state index in [4.69, 9.17) is 0 Å². The van der Waals surface area contributed by atoms with Gasteiger partial charge in [0.15, 0.2) is 0 Å². The molecule has 2 atom stereocenters. The van der Waals surface area contributed by atoms with Crippen LogP contribution in [0.5, 0.6) is 0 Å². The van der Waals surface area contributed by atoms with Crippen LogP contribution in [0, 0.1) is 5.92 Å². The van der Waals surface area contributed by atoms with E-state index in [2.05, 4.69) is 16.8 Å². The van der Waals surface area contributed by atoms with Crippen molar-refractivity contribution < 1.29 is 9.59 Å². The molecule has 2 amide bonds. The number of thiophene rings is 1. The summed E-state index contributed by atoms with van der Waals surface area (Å²) in [6, 6.07) is 10.7. The van der Waals surface area contributed by atoms with Gasteiger partial charge in [0.2, 0.25) is 5.91 Å². The zero-order valence-corrected chi connectivity index (χ0v) is 15.5. The van der Waals surface area contributed by atoms with E-state index in [1.54, 1.807) is 23.5 Å². The van der Waals surface area contributed by atoms with Crippen LogP contribution >= 0.6 is 11.3 Å². The van der Waals surface area contributed by atoms with Crippen LogP contribution in [-0.2, 0) is 17.8 Å². The van der Waals surface area contributed by atoms with Gasteiger partial charge in [0.25, 0.3) is 5.91 Å². The molecule has 0 radical (unpaired) electrons. The first-order valence-corrected chi connectivity index (χ1v) is 9.68. The molecule has 0 aliphatic carbocycles. The number of fused-ring (bicyclic) bond motifs is 1. The Labute approximate surface area is 152 Å². The third-order valence-electron chi connectivity index (χ3n) is 4.92. The van der Waals surface area contributed by atoms with Crippen molar-refractivity contribution in [1.82, 2.24) is 10.2 Å². The molecule has 0 bridgehead atoms. The average Bonchev–Trinajstić information content (AvgIpc) is 3.13. The minimum absolute atomic E-state index is 0.0236. The molecule has 0 saturated carbocycles. The van der Waals surface area contributed by atoms with Crippen molar-refractivity contribution in [3.8, 4) is 0 Å². The van der Waals surface area contributed by atoms with Crippen molar-refractivity contribution >= 4 is 23.2 Å². The molecule has 0 saturated heterocycles. The monoisotopic (exact) mass is 356 g/mol. The second-order valence-corrected chi connectivity index (χ2v) is 7.58. The Morgan fingerprint density at radius 1 is 1.24 bits per heavy atom. The van der Waals surface area contributed by atoms with Crippen LogP contribution in [0.3, 0.4) is 0 Å². The Hall–Kier alpha value is -2.14. The lowest BCUT2D eigenvalue weighted by molar-refractivity contribution is -0.135. The molecular weight excluding hydrogens is 332 g/mol. The maximum atomic E-state index is 13.1. The minimum Gasteiger partial charge on any atom is -0.340 e. The zero-order chi connectivity index (χ0) is 17.8. The van der Waals surface area contributed by atoms with Crippen molar-refractivity contribution in [2.24, 2.45) is 5.92 Å². The molecule has 0 fully saturated rings. The van der Waals surface area contributed by atoms with Crippen LogP contribution in [0.15, 0.2) is 41.8 Å². The Morgan fingerprint density at radius 3 is 2.72 bits per heavy atom. The number of benzene rings is 1. The zero-order valence-electron chi connectivity index (χ0n) is 14.7. The third-order valence-corrected chi connectivity index (χ3v) is 5.94. The summed E-state index contributed by atoms with van der Waals surface area (Å²) in [5.41, 5.74) is 1.82. The number of nitrogens with one attached hydrogen (secondary N) is 1. The highest BCUT2D eigenvalue weighted by Crippen LogP contribution is 2.25. The molecule has 1 aromatic heterocycles. The van der Waals surface area contributed by atoms with Crippen LogP contribution in [0.25, 0.3) is 0 Å². The number of amides is 2. The summed E-state index contributed by atoms with van der Waals surface area (Å²) in [6.45, 7) is 5.44. The van der Waals surface area contributed by atoms with E-state index in [1.165, 1.54) is 10.4 Å². The van der Waals surface area contributed by atoms with Gasteiger partial charge >= 0.3 is 0 Å². The largest absolute Gasteiger partial charge is 0.340 e. The van der Waals surface area contributed by atoms with Gasteiger partial charge in [-0.3, -0.25) is 9.59 Å². The van der Waals surface area contributed by atoms with Crippen LogP contribution in [0.1, 0.15) is 41.1 Å². The Morgan fingerprint density at radius 2 is 2.00 bits per heavy atom. The molecule has 2 aromatic rings. The van der Waals surface area contributed by atoms with Gasteiger partial charge in [0, 0.05) is 23.5 Å². The topological polar surface area (TPSA) is 49.4 Å². The van der Waals surface area contributed by atoms with Gasteiger partial charge < -0.3 is 10.2 Å². The number of nitrogens with zero attached hydrogens (tertiary/aromatic N) is 1. The van der Waals surface area contributed by atoms with E-state index < -0.39 is 6.04 Å². The first-order chi connectivity index (χ1) is 12.1. The number of carbonyl (C=O) groups is 2. The predicted molar refractivity (Wildman–Crippen MR) is 101 cm³/mol. The molecule has 1 aliphatic heterocycles. The molecule has 132 valence electrons. The summed E-state index contributed by atoms with van der Waals surface area (Å²) in [7, 11) is 0. The molecule has 4 nitrogen and oxygen atoms in total. The van der Waals surface area contributed by atoms with Crippen LogP contribution in [0.4, 0.5) is 0 Å². The summed E-state index contributed by atoms with van der Waals surface area (Å²) in [4.78, 5) is 28.9. The normalized spacial score (nSPS) is 16.0. The highest BCUT2D eigenvalue weighted by Gasteiger charge is 2.32. The molecular formula is C20H24N2O2S. The van der Waals surface area contributed by atoms with E-state index in [-0.39, 0.29) is 17.7 Å². The number of carbonyl (C=O) groups excluding carboxylic acids is 2. The second kappa shape index (κ2) is 7.83. The Balaban J connectivity index is 1.74. The van der Waals surface area contributed by atoms with Crippen molar-refractivity contribution in [1.29, 1.82) is 0 Å². The van der Waals surface area contributed by atoms with Crippen LogP contribution in [-0.4, -0.2) is 29.3 Å². The summed E-state index contributed by atoms with van der Waals surface area (Å²) in [5, 5.41) is 5.06. The molecule has 1 aromatic carbocycles. The maximum absolute atomic E-state index is 13.1. The Bertz CT molecular complexity index is 741. The molecule has 2 unspecified atom stereocenters. The summed E-state index contributed by atoms with van der Waals surface area (Å²) < 4.78 is 0. The van der Waals surface area contributed by atoms with Gasteiger partial charge in [-0.05, 0) is 41.5 Å². The maximum Gasteiger partial charge on any atom is 0.251 e. The fourth-order valence-electron chi connectivity index (χ4n) is 3.13. The van der Waals surface area contributed by atoms with E-state index in [9.17, 15) is 9.59 Å². The fourth-order valence-corrected chi connectivity index (χ4v) is 4.02. The average molecular weight is 356 g/mol. The summed E-state index contributed by atoms with van der Waals surface area (Å²) in [5.74, 6) is -0.0769. The van der Waals surface area contributed by atoms with Crippen molar-refractivity contribution in [2.75, 3.05) is 6.54 Å². The second-order valence-electron chi connectivity index (χ2n) is 6.58. The lowest BCUT2D eigenvalue weighted by Crippen LogP contribution is -2.52. The van der Waals surface area contributed by atoms with Crippen molar-refractivity contribution in [3.63, 3.8) is 0 Å². The smallest absolute Gasteiger partial charge is 0.251 e. The number of hydrogen-bond donors (Lipinski definition) is 1. The molecule has 5 heteroatoms. The van der Waals surface area contributed by atoms with Gasteiger partial charge in [0.1, 0.15) is 6.04 Å². The summed E-state index contributed by atoms with van der Waals surface area (Å²) in [6.07, 6.45) is 1.74. The molecule has 1 aliphatic rings. The third kappa shape index (κ3) is 3.93. The van der Waals surface area contributed by atoms with Gasteiger partial charge in [-0.1, -0.05) is 38.5 Å². The quantitative estimate of drug-likeness (QED) is 0.892. The predicted octanol–water partition coefficient (Wildman–Crippen LogP) is 3.48.